The average Bonchev–Trinajstić information content (AvgIpc) is 2.96. The second-order valence-electron chi connectivity index (χ2n) is 4.94. The average molecular weight is 313 g/mol. The quantitative estimate of drug-likeness (QED) is 0.751. The lowest BCUT2D eigenvalue weighted by atomic mass is 10.0. The molecule has 1 aromatic heterocycles. The van der Waals surface area contributed by atoms with E-state index in [0.29, 0.717) is 24.5 Å². The molecule has 7 nitrogen and oxygen atoms in total. The van der Waals surface area contributed by atoms with Crippen LogP contribution in [0.3, 0.4) is 0 Å². The molecule has 116 valence electrons. The summed E-state index contributed by atoms with van der Waals surface area (Å²) in [6.07, 6.45) is 3.32. The Bertz CT molecular complexity index is 505. The fraction of sp³-hybridized carbons (Fsp3) is 0.615. The van der Waals surface area contributed by atoms with Crippen molar-refractivity contribution in [1.82, 2.24) is 15.2 Å². The summed E-state index contributed by atoms with van der Waals surface area (Å²) >= 11 is 1.27. The van der Waals surface area contributed by atoms with Crippen LogP contribution in [0.1, 0.15) is 34.8 Å². The van der Waals surface area contributed by atoms with E-state index in [2.05, 4.69) is 10.3 Å². The zero-order valence-corrected chi connectivity index (χ0v) is 12.4. The van der Waals surface area contributed by atoms with Crippen molar-refractivity contribution in [2.45, 2.75) is 31.7 Å². The maximum Gasteiger partial charge on any atom is 0.355 e. The van der Waals surface area contributed by atoms with Crippen LogP contribution in [0.4, 0.5) is 4.79 Å². The van der Waals surface area contributed by atoms with Gasteiger partial charge in [-0.25, -0.2) is 14.6 Å². The molecule has 1 fully saturated rings. The second kappa shape index (κ2) is 7.37. The lowest BCUT2D eigenvalue weighted by Gasteiger charge is -2.34. The molecular formula is C13H19N3O4S. The number of aliphatic hydroxyl groups is 1. The van der Waals surface area contributed by atoms with Crippen LogP contribution in [0.25, 0.3) is 0 Å². The summed E-state index contributed by atoms with van der Waals surface area (Å²) in [5.41, 5.74) is 0.0395. The Hall–Kier alpha value is -1.67. The lowest BCUT2D eigenvalue weighted by molar-refractivity contribution is 0.0691. The second-order valence-corrected chi connectivity index (χ2v) is 5.88. The van der Waals surface area contributed by atoms with E-state index in [0.717, 1.165) is 19.3 Å². The number of piperidine rings is 1. The number of carboxylic acid groups (broad SMARTS) is 1. The number of nitrogens with one attached hydrogen (secondary N) is 1. The zero-order chi connectivity index (χ0) is 15.2. The molecule has 0 saturated carbocycles. The molecule has 1 aliphatic rings. The Morgan fingerprint density at radius 1 is 1.48 bits per heavy atom. The number of hydrogen-bond donors (Lipinski definition) is 3. The summed E-state index contributed by atoms with van der Waals surface area (Å²) in [5, 5.41) is 23.0. The minimum Gasteiger partial charge on any atom is -0.476 e. The zero-order valence-electron chi connectivity index (χ0n) is 11.6. The van der Waals surface area contributed by atoms with Gasteiger partial charge in [-0.3, -0.25) is 0 Å². The molecule has 8 heteroatoms. The molecule has 0 radical (unpaired) electrons. The predicted molar refractivity (Wildman–Crippen MR) is 77.6 cm³/mol. The molecule has 1 aromatic rings. The minimum absolute atomic E-state index is 0.0120. The Morgan fingerprint density at radius 2 is 2.29 bits per heavy atom. The van der Waals surface area contributed by atoms with Crippen LogP contribution in [0, 0.1) is 0 Å². The van der Waals surface area contributed by atoms with Crippen molar-refractivity contribution in [3.63, 3.8) is 0 Å². The molecule has 2 heterocycles. The number of thiazole rings is 1. The number of aromatic nitrogens is 1. The van der Waals surface area contributed by atoms with Gasteiger partial charge in [0.05, 0.1) is 17.7 Å². The molecule has 1 saturated heterocycles. The summed E-state index contributed by atoms with van der Waals surface area (Å²) in [6, 6.07) is -0.277. The first-order valence-corrected chi connectivity index (χ1v) is 7.83. The van der Waals surface area contributed by atoms with Crippen LogP contribution in [0.2, 0.25) is 0 Å². The van der Waals surface area contributed by atoms with Gasteiger partial charge in [0.15, 0.2) is 5.69 Å². The van der Waals surface area contributed by atoms with Gasteiger partial charge < -0.3 is 20.4 Å². The number of amides is 2. The first-order valence-electron chi connectivity index (χ1n) is 6.95. The highest BCUT2D eigenvalue weighted by Gasteiger charge is 2.25. The van der Waals surface area contributed by atoms with Crippen LogP contribution in [0.5, 0.6) is 0 Å². The Labute approximate surface area is 126 Å². The number of rotatable bonds is 5. The molecule has 21 heavy (non-hydrogen) atoms. The molecule has 0 bridgehead atoms. The Morgan fingerprint density at radius 3 is 2.95 bits per heavy atom. The predicted octanol–water partition coefficient (Wildman–Crippen LogP) is 0.940. The molecule has 1 unspecified atom stereocenters. The van der Waals surface area contributed by atoms with E-state index in [1.165, 1.54) is 16.7 Å². The molecule has 0 spiro atoms. The highest BCUT2D eigenvalue weighted by molar-refractivity contribution is 7.09. The van der Waals surface area contributed by atoms with Crippen molar-refractivity contribution in [2.24, 2.45) is 0 Å². The fourth-order valence-electron chi connectivity index (χ4n) is 2.36. The van der Waals surface area contributed by atoms with E-state index in [-0.39, 0.29) is 24.4 Å². The molecule has 3 N–H and O–H groups in total. The summed E-state index contributed by atoms with van der Waals surface area (Å²) < 4.78 is 0. The molecule has 1 atom stereocenters. The number of carbonyl (C=O) groups excluding carboxylic acids is 1. The van der Waals surface area contributed by atoms with Crippen LogP contribution in [-0.2, 0) is 6.42 Å². The molecule has 2 amide bonds. The van der Waals surface area contributed by atoms with Gasteiger partial charge in [0, 0.05) is 24.9 Å². The number of aliphatic hydroxyl groups excluding tert-OH is 1. The number of hydrogen-bond acceptors (Lipinski definition) is 5. The molecule has 0 aliphatic carbocycles. The van der Waals surface area contributed by atoms with E-state index >= 15 is 0 Å². The fourth-order valence-corrected chi connectivity index (χ4v) is 3.13. The lowest BCUT2D eigenvalue weighted by Crippen LogP contribution is -2.50. The smallest absolute Gasteiger partial charge is 0.355 e. The van der Waals surface area contributed by atoms with Gasteiger partial charge in [-0.1, -0.05) is 0 Å². The standard InChI is InChI=1S/C13H19N3O4S/c17-7-9-3-1-2-6-16(9)13(20)14-5-4-11-15-10(8-21-11)12(18)19/h8-9,17H,1-7H2,(H,14,20)(H,18,19). The van der Waals surface area contributed by atoms with Gasteiger partial charge in [0.25, 0.3) is 0 Å². The number of nitrogens with zero attached hydrogens (tertiary/aromatic N) is 2. The van der Waals surface area contributed by atoms with E-state index < -0.39 is 5.97 Å². The van der Waals surface area contributed by atoms with Gasteiger partial charge in [0.1, 0.15) is 0 Å². The third kappa shape index (κ3) is 4.15. The highest BCUT2D eigenvalue weighted by Crippen LogP contribution is 2.16. The number of carboxylic acids is 1. The summed E-state index contributed by atoms with van der Waals surface area (Å²) in [7, 11) is 0. The van der Waals surface area contributed by atoms with Crippen LogP contribution >= 0.6 is 11.3 Å². The summed E-state index contributed by atoms with van der Waals surface area (Å²) in [5.74, 6) is -1.04. The largest absolute Gasteiger partial charge is 0.476 e. The number of urea groups is 1. The maximum atomic E-state index is 12.1. The third-order valence-corrected chi connectivity index (χ3v) is 4.39. The topological polar surface area (TPSA) is 103 Å². The number of aromatic carboxylic acids is 1. The first kappa shape index (κ1) is 15.7. The van der Waals surface area contributed by atoms with Gasteiger partial charge in [0.2, 0.25) is 0 Å². The Balaban J connectivity index is 1.79. The number of carbonyl (C=O) groups is 2. The Kier molecular flexibility index (Phi) is 5.51. The van der Waals surface area contributed by atoms with Gasteiger partial charge >= 0.3 is 12.0 Å². The van der Waals surface area contributed by atoms with E-state index in [1.54, 1.807) is 4.90 Å². The molecular weight excluding hydrogens is 294 g/mol. The van der Waals surface area contributed by atoms with Crippen molar-refractivity contribution in [1.29, 1.82) is 0 Å². The van der Waals surface area contributed by atoms with Gasteiger partial charge in [-0.15, -0.1) is 11.3 Å². The van der Waals surface area contributed by atoms with Gasteiger partial charge in [-0.2, -0.15) is 0 Å². The highest BCUT2D eigenvalue weighted by atomic mass is 32.1. The monoisotopic (exact) mass is 313 g/mol. The summed E-state index contributed by atoms with van der Waals surface area (Å²) in [6.45, 7) is 1.05. The summed E-state index contributed by atoms with van der Waals surface area (Å²) in [4.78, 5) is 28.4. The first-order chi connectivity index (χ1) is 10.1. The molecule has 2 rings (SSSR count). The maximum absolute atomic E-state index is 12.1. The van der Waals surface area contributed by atoms with Gasteiger partial charge in [-0.05, 0) is 19.3 Å². The van der Waals surface area contributed by atoms with E-state index in [9.17, 15) is 14.7 Å². The van der Waals surface area contributed by atoms with E-state index in [4.69, 9.17) is 5.11 Å². The van der Waals surface area contributed by atoms with Crippen molar-refractivity contribution >= 4 is 23.3 Å². The number of likely N-dealkylation sites (tertiary alicyclic amines) is 1. The molecule has 0 aromatic carbocycles. The third-order valence-electron chi connectivity index (χ3n) is 3.48. The van der Waals surface area contributed by atoms with E-state index in [1.807, 2.05) is 0 Å². The van der Waals surface area contributed by atoms with Crippen LogP contribution < -0.4 is 5.32 Å². The van der Waals surface area contributed by atoms with Crippen molar-refractivity contribution in [3.05, 3.63) is 16.1 Å². The normalized spacial score (nSPS) is 18.5. The minimum atomic E-state index is -1.04. The van der Waals surface area contributed by atoms with Crippen LogP contribution in [0.15, 0.2) is 5.38 Å². The van der Waals surface area contributed by atoms with Crippen LogP contribution in [-0.4, -0.2) is 57.8 Å². The van der Waals surface area contributed by atoms with Crippen molar-refractivity contribution < 1.29 is 19.8 Å². The van der Waals surface area contributed by atoms with Crippen molar-refractivity contribution in [2.75, 3.05) is 19.7 Å². The SMILES string of the molecule is O=C(O)c1csc(CCNC(=O)N2CCCCC2CO)n1. The van der Waals surface area contributed by atoms with Crippen molar-refractivity contribution in [3.8, 4) is 0 Å². The molecule has 1 aliphatic heterocycles.